The molecule has 9 heteroatoms. The van der Waals surface area contributed by atoms with Crippen LogP contribution in [0.2, 0.25) is 5.02 Å². The van der Waals surface area contributed by atoms with E-state index < -0.39 is 0 Å². The summed E-state index contributed by atoms with van der Waals surface area (Å²) in [5.41, 5.74) is 1.94. The van der Waals surface area contributed by atoms with Crippen molar-refractivity contribution >= 4 is 35.1 Å². The van der Waals surface area contributed by atoms with Crippen LogP contribution in [0, 0.1) is 0 Å². The molecule has 176 valence electrons. The van der Waals surface area contributed by atoms with Crippen molar-refractivity contribution in [1.82, 2.24) is 20.2 Å². The van der Waals surface area contributed by atoms with E-state index >= 15 is 0 Å². The highest BCUT2D eigenvalue weighted by Crippen LogP contribution is 2.31. The van der Waals surface area contributed by atoms with E-state index in [0.717, 1.165) is 16.9 Å². The smallest absolute Gasteiger partial charge is 0.231 e. The van der Waals surface area contributed by atoms with Gasteiger partial charge in [0, 0.05) is 55.3 Å². The summed E-state index contributed by atoms with van der Waals surface area (Å²) >= 11 is 6.07. The normalized spacial score (nSPS) is 19.3. The van der Waals surface area contributed by atoms with Gasteiger partial charge in [0.05, 0.1) is 5.92 Å². The monoisotopic (exact) mass is 470 g/mol. The highest BCUT2D eigenvalue weighted by atomic mass is 35.5. The third-order valence-corrected chi connectivity index (χ3v) is 6.55. The number of piperazine rings is 1. The molecule has 0 radical (unpaired) electrons. The Bertz CT molecular complexity index is 1010. The minimum absolute atomic E-state index is 0.0149. The molecule has 3 heterocycles. The molecular weight excluding hydrogens is 440 g/mol. The van der Waals surface area contributed by atoms with Gasteiger partial charge in [0.1, 0.15) is 18.0 Å². The van der Waals surface area contributed by atoms with E-state index in [0.29, 0.717) is 49.9 Å². The highest BCUT2D eigenvalue weighted by Gasteiger charge is 2.34. The van der Waals surface area contributed by atoms with Gasteiger partial charge in [-0.25, -0.2) is 9.97 Å². The second-order valence-electron chi connectivity index (χ2n) is 9.07. The number of carbonyl (C=O) groups is 2. The van der Waals surface area contributed by atoms with Crippen molar-refractivity contribution in [3.63, 3.8) is 0 Å². The average Bonchev–Trinajstić information content (AvgIpc) is 2.79. The van der Waals surface area contributed by atoms with E-state index in [2.05, 4.69) is 46.3 Å². The number of rotatable bonds is 6. The number of nitrogens with zero attached hydrogens (tertiary/aromatic N) is 4. The van der Waals surface area contributed by atoms with Gasteiger partial charge in [0.25, 0.3) is 0 Å². The number of hydrogen-bond donors (Lipinski definition) is 2. The van der Waals surface area contributed by atoms with E-state index in [1.54, 1.807) is 0 Å². The van der Waals surface area contributed by atoms with Gasteiger partial charge in [-0.3, -0.25) is 9.59 Å². The minimum atomic E-state index is -0.273. The first-order valence-electron chi connectivity index (χ1n) is 11.5. The number of aromatic nitrogens is 2. The quantitative estimate of drug-likeness (QED) is 0.674. The van der Waals surface area contributed by atoms with Crippen molar-refractivity contribution in [1.29, 1.82) is 0 Å². The summed E-state index contributed by atoms with van der Waals surface area (Å²) in [4.78, 5) is 38.3. The Kier molecular flexibility index (Phi) is 7.14. The number of halogens is 1. The zero-order valence-corrected chi connectivity index (χ0v) is 20.1. The summed E-state index contributed by atoms with van der Waals surface area (Å²) in [6.45, 7) is 8.74. The van der Waals surface area contributed by atoms with Crippen molar-refractivity contribution in [3.8, 4) is 0 Å². The Labute approximate surface area is 199 Å². The molecule has 2 aliphatic rings. The molecule has 33 heavy (non-hydrogen) atoms. The van der Waals surface area contributed by atoms with Gasteiger partial charge in [-0.05, 0) is 31.0 Å². The van der Waals surface area contributed by atoms with Gasteiger partial charge in [0.2, 0.25) is 11.8 Å². The molecule has 2 N–H and O–H groups in total. The number of benzene rings is 1. The maximum absolute atomic E-state index is 13.6. The van der Waals surface area contributed by atoms with Crippen LogP contribution in [0.4, 0.5) is 11.6 Å². The summed E-state index contributed by atoms with van der Waals surface area (Å²) in [7, 11) is 0. The molecule has 1 saturated heterocycles. The molecule has 0 saturated carbocycles. The van der Waals surface area contributed by atoms with Gasteiger partial charge in [0.15, 0.2) is 0 Å². The van der Waals surface area contributed by atoms with Crippen LogP contribution in [0.3, 0.4) is 0 Å². The number of fused-ring (bicyclic) bond motifs is 1. The van der Waals surface area contributed by atoms with E-state index in [9.17, 15) is 9.59 Å². The number of anilines is 2. The minimum Gasteiger partial charge on any atom is -0.350 e. The van der Waals surface area contributed by atoms with Crippen molar-refractivity contribution in [3.05, 3.63) is 46.7 Å². The summed E-state index contributed by atoms with van der Waals surface area (Å²) in [6, 6.07) is 7.92. The lowest BCUT2D eigenvalue weighted by Crippen LogP contribution is -2.55. The van der Waals surface area contributed by atoms with Gasteiger partial charge < -0.3 is 20.4 Å². The van der Waals surface area contributed by atoms with Crippen molar-refractivity contribution in [2.75, 3.05) is 36.4 Å². The molecule has 0 aliphatic carbocycles. The fourth-order valence-electron chi connectivity index (χ4n) is 4.51. The Morgan fingerprint density at radius 3 is 2.67 bits per heavy atom. The largest absolute Gasteiger partial charge is 0.350 e. The molecule has 1 aromatic carbocycles. The molecular formula is C24H31ClN6O2. The number of nitrogens with one attached hydrogen (secondary N) is 2. The van der Waals surface area contributed by atoms with Crippen molar-refractivity contribution < 1.29 is 9.59 Å². The predicted octanol–water partition coefficient (Wildman–Crippen LogP) is 2.83. The molecule has 2 aromatic rings. The van der Waals surface area contributed by atoms with Crippen LogP contribution in [0.1, 0.15) is 44.2 Å². The zero-order valence-electron chi connectivity index (χ0n) is 19.3. The van der Waals surface area contributed by atoms with Crippen LogP contribution in [0.25, 0.3) is 0 Å². The molecule has 2 atom stereocenters. The fraction of sp³-hybridized carbons (Fsp3) is 0.500. The van der Waals surface area contributed by atoms with Crippen LogP contribution < -0.4 is 15.5 Å². The van der Waals surface area contributed by atoms with Crippen LogP contribution in [-0.4, -0.2) is 64.9 Å². The van der Waals surface area contributed by atoms with Gasteiger partial charge in [-0.2, -0.15) is 0 Å². The molecule has 0 bridgehead atoms. The number of hydrogen-bond acceptors (Lipinski definition) is 6. The lowest BCUT2D eigenvalue weighted by atomic mass is 9.96. The highest BCUT2D eigenvalue weighted by molar-refractivity contribution is 6.30. The van der Waals surface area contributed by atoms with Crippen LogP contribution in [-0.2, 0) is 16.0 Å². The molecule has 4 rings (SSSR count). The Balaban J connectivity index is 1.50. The maximum Gasteiger partial charge on any atom is 0.231 e. The second-order valence-corrected chi connectivity index (χ2v) is 9.50. The molecule has 1 fully saturated rings. The van der Waals surface area contributed by atoms with Gasteiger partial charge >= 0.3 is 0 Å². The van der Waals surface area contributed by atoms with E-state index in [4.69, 9.17) is 11.6 Å². The van der Waals surface area contributed by atoms with E-state index in [1.807, 2.05) is 29.2 Å². The zero-order chi connectivity index (χ0) is 23.5. The van der Waals surface area contributed by atoms with Gasteiger partial charge in [-0.1, -0.05) is 37.6 Å². The number of amides is 2. The summed E-state index contributed by atoms with van der Waals surface area (Å²) in [5, 5.41) is 6.92. The van der Waals surface area contributed by atoms with Crippen LogP contribution in [0.5, 0.6) is 0 Å². The average molecular weight is 471 g/mol. The summed E-state index contributed by atoms with van der Waals surface area (Å²) in [5.74, 6) is 1.29. The fourth-order valence-corrected chi connectivity index (χ4v) is 4.64. The third-order valence-electron chi connectivity index (χ3n) is 6.29. The molecule has 0 spiro atoms. The first kappa shape index (κ1) is 23.4. The van der Waals surface area contributed by atoms with Crippen molar-refractivity contribution in [2.45, 2.75) is 51.6 Å². The lowest BCUT2D eigenvalue weighted by molar-refractivity contribution is -0.133. The summed E-state index contributed by atoms with van der Waals surface area (Å²) < 4.78 is 0. The molecule has 2 amide bonds. The SMILES string of the molecule is CC(C)NCC(C(=O)N1CCN(c2ncnc3c2CCC(=O)N3)[C@H](C)C1)c1ccc(Cl)cc1. The van der Waals surface area contributed by atoms with E-state index in [1.165, 1.54) is 6.33 Å². The molecule has 1 aromatic heterocycles. The third kappa shape index (κ3) is 5.28. The maximum atomic E-state index is 13.6. The molecule has 8 nitrogen and oxygen atoms in total. The molecule has 2 aliphatic heterocycles. The van der Waals surface area contributed by atoms with Crippen LogP contribution >= 0.6 is 11.6 Å². The standard InChI is InChI=1S/C24H31ClN6O2/c1-15(2)26-12-20(17-4-6-18(25)7-5-17)24(33)30-10-11-31(16(3)13-30)23-19-8-9-21(32)29-22(19)27-14-28-23/h4-7,14-16,20,26H,8-13H2,1-3H3,(H,27,28,29,32)/t16-,20?/m1/s1. The van der Waals surface area contributed by atoms with Crippen LogP contribution in [0.15, 0.2) is 30.6 Å². The topological polar surface area (TPSA) is 90.5 Å². The lowest BCUT2D eigenvalue weighted by Gasteiger charge is -2.42. The van der Waals surface area contributed by atoms with Gasteiger partial charge in [-0.15, -0.1) is 0 Å². The Morgan fingerprint density at radius 1 is 1.21 bits per heavy atom. The van der Waals surface area contributed by atoms with E-state index in [-0.39, 0.29) is 29.8 Å². The number of carbonyl (C=O) groups excluding carboxylic acids is 2. The summed E-state index contributed by atoms with van der Waals surface area (Å²) in [6.07, 6.45) is 2.56. The molecule has 1 unspecified atom stereocenters. The second kappa shape index (κ2) is 10.1. The Hall–Kier alpha value is -2.71. The predicted molar refractivity (Wildman–Crippen MR) is 130 cm³/mol. The first-order valence-corrected chi connectivity index (χ1v) is 11.9. The first-order chi connectivity index (χ1) is 15.8. The Morgan fingerprint density at radius 2 is 1.97 bits per heavy atom. The van der Waals surface area contributed by atoms with Crippen molar-refractivity contribution in [2.24, 2.45) is 0 Å².